The van der Waals surface area contributed by atoms with Crippen molar-refractivity contribution in [1.82, 2.24) is 0 Å². The van der Waals surface area contributed by atoms with Crippen LogP contribution in [0.2, 0.25) is 5.02 Å². The second kappa shape index (κ2) is 3.99. The molecule has 1 fully saturated rings. The van der Waals surface area contributed by atoms with Crippen LogP contribution >= 0.6 is 11.6 Å². The highest BCUT2D eigenvalue weighted by Gasteiger charge is 2.61. The average Bonchev–Trinajstić information content (AvgIpc) is 2.91. The molecular weight excluding hydrogens is 264 g/mol. The number of halogens is 1. The van der Waals surface area contributed by atoms with Gasteiger partial charge in [0.25, 0.3) is 0 Å². The first-order chi connectivity index (χ1) is 7.82. The van der Waals surface area contributed by atoms with Gasteiger partial charge in [0.05, 0.1) is 11.2 Å². The highest BCUT2D eigenvalue weighted by Crippen LogP contribution is 2.52. The third-order valence-electron chi connectivity index (χ3n) is 2.97. The zero-order chi connectivity index (χ0) is 12.8. The zero-order valence-electron chi connectivity index (χ0n) is 9.00. The predicted octanol–water partition coefficient (Wildman–Crippen LogP) is 1.55. The fourth-order valence-corrected chi connectivity index (χ4v) is 4.01. The van der Waals surface area contributed by atoms with Crippen molar-refractivity contribution < 1.29 is 18.3 Å². The van der Waals surface area contributed by atoms with Gasteiger partial charge in [-0.15, -0.1) is 0 Å². The summed E-state index contributed by atoms with van der Waals surface area (Å²) in [5.74, 6) is -2.42. The molecule has 0 aromatic heterocycles. The Hall–Kier alpha value is -1.07. The molecule has 0 heterocycles. The number of sulfone groups is 1. The monoisotopic (exact) mass is 274 g/mol. The van der Waals surface area contributed by atoms with Crippen LogP contribution in [-0.2, 0) is 14.6 Å². The Morgan fingerprint density at radius 3 is 2.47 bits per heavy atom. The molecule has 1 N–H and O–H groups in total. The Labute approximate surface area is 104 Å². The van der Waals surface area contributed by atoms with E-state index in [1.54, 1.807) is 24.3 Å². The summed E-state index contributed by atoms with van der Waals surface area (Å²) in [4.78, 5) is 11.0. The van der Waals surface area contributed by atoms with E-state index < -0.39 is 32.9 Å². The molecule has 2 rings (SSSR count). The lowest BCUT2D eigenvalue weighted by atomic mass is 10.1. The summed E-state index contributed by atoms with van der Waals surface area (Å²) in [6, 6.07) is 6.68. The Balaban J connectivity index is 2.37. The first-order valence-electron chi connectivity index (χ1n) is 4.99. The minimum absolute atomic E-state index is 0.478. The number of hydrogen-bond acceptors (Lipinski definition) is 3. The highest BCUT2D eigenvalue weighted by molar-refractivity contribution is 7.91. The molecule has 1 aliphatic carbocycles. The van der Waals surface area contributed by atoms with Crippen molar-refractivity contribution in [1.29, 1.82) is 0 Å². The summed E-state index contributed by atoms with van der Waals surface area (Å²) in [6.07, 6.45) is 1.07. The number of aliphatic carboxylic acids is 1. The maximum atomic E-state index is 11.5. The minimum atomic E-state index is -3.36. The van der Waals surface area contributed by atoms with Crippen LogP contribution in [0.5, 0.6) is 0 Å². The van der Waals surface area contributed by atoms with E-state index in [1.807, 2.05) is 0 Å². The fraction of sp³-hybridized carbons (Fsp3) is 0.364. The largest absolute Gasteiger partial charge is 0.481 e. The van der Waals surface area contributed by atoms with Gasteiger partial charge in [0.2, 0.25) is 0 Å². The lowest BCUT2D eigenvalue weighted by molar-refractivity contribution is -0.138. The quantitative estimate of drug-likeness (QED) is 0.908. The van der Waals surface area contributed by atoms with Crippen molar-refractivity contribution in [3.63, 3.8) is 0 Å². The van der Waals surface area contributed by atoms with Crippen molar-refractivity contribution in [2.75, 3.05) is 6.26 Å². The van der Waals surface area contributed by atoms with Crippen LogP contribution in [0, 0.1) is 5.92 Å². The van der Waals surface area contributed by atoms with E-state index in [0.29, 0.717) is 10.6 Å². The van der Waals surface area contributed by atoms with Gasteiger partial charge in [0.15, 0.2) is 9.84 Å². The summed E-state index contributed by atoms with van der Waals surface area (Å²) in [5.41, 5.74) is 0.667. The van der Waals surface area contributed by atoms with E-state index in [1.165, 1.54) is 0 Å². The van der Waals surface area contributed by atoms with E-state index in [9.17, 15) is 13.2 Å². The van der Waals surface area contributed by atoms with E-state index >= 15 is 0 Å². The van der Waals surface area contributed by atoms with Gasteiger partial charge in [-0.3, -0.25) is 4.79 Å². The first-order valence-corrected chi connectivity index (χ1v) is 7.33. The van der Waals surface area contributed by atoms with Crippen LogP contribution in [0.3, 0.4) is 0 Å². The van der Waals surface area contributed by atoms with Gasteiger partial charge in [-0.1, -0.05) is 23.7 Å². The van der Waals surface area contributed by atoms with Crippen LogP contribution in [-0.4, -0.2) is 31.0 Å². The van der Waals surface area contributed by atoms with Crippen molar-refractivity contribution in [2.24, 2.45) is 5.92 Å². The molecule has 1 saturated carbocycles. The van der Waals surface area contributed by atoms with E-state index in [0.717, 1.165) is 6.26 Å². The summed E-state index contributed by atoms with van der Waals surface area (Å²) >= 11 is 5.81. The summed E-state index contributed by atoms with van der Waals surface area (Å²) in [6.45, 7) is 0. The zero-order valence-corrected chi connectivity index (χ0v) is 10.6. The lowest BCUT2D eigenvalue weighted by Gasteiger charge is -1.99. The molecule has 3 atom stereocenters. The predicted molar refractivity (Wildman–Crippen MR) is 64.0 cm³/mol. The van der Waals surface area contributed by atoms with Crippen molar-refractivity contribution in [2.45, 2.75) is 11.2 Å². The third kappa shape index (κ3) is 2.30. The molecule has 17 heavy (non-hydrogen) atoms. The van der Waals surface area contributed by atoms with Crippen LogP contribution in [0.1, 0.15) is 11.5 Å². The summed E-state index contributed by atoms with van der Waals surface area (Å²) in [7, 11) is -3.36. The third-order valence-corrected chi connectivity index (χ3v) is 4.78. The molecule has 0 spiro atoms. The van der Waals surface area contributed by atoms with Crippen LogP contribution in [0.15, 0.2) is 24.3 Å². The second-order valence-corrected chi connectivity index (χ2v) is 6.88. The van der Waals surface area contributed by atoms with Gasteiger partial charge in [0.1, 0.15) is 0 Å². The molecule has 0 radical (unpaired) electrons. The van der Waals surface area contributed by atoms with E-state index in [2.05, 4.69) is 0 Å². The van der Waals surface area contributed by atoms with E-state index in [4.69, 9.17) is 16.7 Å². The molecule has 0 aliphatic heterocycles. The second-order valence-electron chi connectivity index (χ2n) is 4.24. The molecular formula is C11H11ClO4S. The number of carboxylic acids is 1. The number of hydrogen-bond donors (Lipinski definition) is 1. The summed E-state index contributed by atoms with van der Waals surface area (Å²) < 4.78 is 23.0. The number of rotatable bonds is 3. The van der Waals surface area contributed by atoms with Crippen LogP contribution in [0.25, 0.3) is 0 Å². The van der Waals surface area contributed by atoms with Crippen LogP contribution < -0.4 is 0 Å². The van der Waals surface area contributed by atoms with Gasteiger partial charge in [-0.25, -0.2) is 8.42 Å². The Kier molecular flexibility index (Phi) is 2.91. The first kappa shape index (κ1) is 12.4. The molecule has 0 unspecified atom stereocenters. The highest BCUT2D eigenvalue weighted by atomic mass is 35.5. The molecule has 1 aromatic rings. The molecule has 4 nitrogen and oxygen atoms in total. The number of carbonyl (C=O) groups is 1. The minimum Gasteiger partial charge on any atom is -0.481 e. The molecule has 92 valence electrons. The fourth-order valence-electron chi connectivity index (χ4n) is 2.22. The topological polar surface area (TPSA) is 71.4 Å². The molecule has 0 saturated heterocycles. The van der Waals surface area contributed by atoms with Gasteiger partial charge < -0.3 is 5.11 Å². The number of carboxylic acid groups (broad SMARTS) is 1. The van der Waals surface area contributed by atoms with Crippen molar-refractivity contribution >= 4 is 27.4 Å². The molecule has 1 aromatic carbocycles. The normalized spacial score (nSPS) is 27.8. The smallest absolute Gasteiger partial charge is 0.308 e. The number of benzene rings is 1. The molecule has 6 heteroatoms. The lowest BCUT2D eigenvalue weighted by Crippen LogP contribution is -2.10. The van der Waals surface area contributed by atoms with Crippen molar-refractivity contribution in [3.8, 4) is 0 Å². The Morgan fingerprint density at radius 1 is 1.41 bits per heavy atom. The van der Waals surface area contributed by atoms with Gasteiger partial charge in [-0.05, 0) is 17.7 Å². The van der Waals surface area contributed by atoms with Gasteiger partial charge >= 0.3 is 5.97 Å². The molecule has 0 bridgehead atoms. The SMILES string of the molecule is CS(=O)(=O)[C@@H]1[C@@H](C(=O)O)[C@H]1c1cccc(Cl)c1. The average molecular weight is 275 g/mol. The van der Waals surface area contributed by atoms with Crippen molar-refractivity contribution in [3.05, 3.63) is 34.9 Å². The molecule has 0 amide bonds. The maximum Gasteiger partial charge on any atom is 0.308 e. The molecule has 1 aliphatic rings. The van der Waals surface area contributed by atoms with Gasteiger partial charge in [-0.2, -0.15) is 0 Å². The Bertz CT molecular complexity index is 567. The van der Waals surface area contributed by atoms with Crippen LogP contribution in [0.4, 0.5) is 0 Å². The van der Waals surface area contributed by atoms with Gasteiger partial charge in [0, 0.05) is 17.2 Å². The standard InChI is InChI=1S/C11H11ClO4S/c1-17(15,16)10-8(9(10)11(13)14)6-3-2-4-7(12)5-6/h2-5,8-10H,1H3,(H,13,14)/t8-,9+,10+/m1/s1. The van der Waals surface area contributed by atoms with E-state index in [-0.39, 0.29) is 0 Å². The Morgan fingerprint density at radius 2 is 2.06 bits per heavy atom. The maximum absolute atomic E-state index is 11.5. The summed E-state index contributed by atoms with van der Waals surface area (Å²) in [5, 5.41) is 8.63.